The normalized spacial score (nSPS) is 37.6. The van der Waals surface area contributed by atoms with Gasteiger partial charge in [-0.3, -0.25) is 0 Å². The number of fused-ring (bicyclic) bond motifs is 5. The third-order valence-electron chi connectivity index (χ3n) is 10.3. The second-order valence-electron chi connectivity index (χ2n) is 12.7. The van der Waals surface area contributed by atoms with Crippen molar-refractivity contribution in [3.05, 3.63) is 11.6 Å². The molecule has 4 aliphatic rings. The summed E-state index contributed by atoms with van der Waals surface area (Å²) >= 11 is 0. The highest BCUT2D eigenvalue weighted by Crippen LogP contribution is 2.67. The number of hydrogen-bond acceptors (Lipinski definition) is 3. The predicted octanol–water partition coefficient (Wildman–Crippen LogP) is 6.65. The Morgan fingerprint density at radius 3 is 2.11 bits per heavy atom. The summed E-state index contributed by atoms with van der Waals surface area (Å²) < 4.78 is 17.4. The minimum absolute atomic E-state index is 0.0766. The first-order chi connectivity index (χ1) is 16.7. The highest BCUT2D eigenvalue weighted by atomic mass is 31.1. The number of rotatable bonds is 5. The molecule has 0 aromatic heterocycles. The van der Waals surface area contributed by atoms with Crippen molar-refractivity contribution >= 4 is 16.5 Å². The van der Waals surface area contributed by atoms with Crippen LogP contribution in [0.3, 0.4) is 0 Å². The van der Waals surface area contributed by atoms with Gasteiger partial charge in [-0.05, 0) is 97.7 Å². The molecule has 0 aromatic rings. The molecular formula is C27H50O7P2+2. The number of allylic oxidation sites excluding steroid dienone is 1. The molecule has 208 valence electrons. The monoisotopic (exact) mass is 548 g/mol. The Balaban J connectivity index is 0.000000501. The largest absolute Gasteiger partial charge is 0.692 e. The van der Waals surface area contributed by atoms with Crippen molar-refractivity contribution in [3.8, 4) is 0 Å². The maximum atomic E-state index is 10.2. The Labute approximate surface area is 219 Å². The van der Waals surface area contributed by atoms with Crippen molar-refractivity contribution in [2.45, 2.75) is 111 Å². The molecule has 0 spiro atoms. The first-order valence-electron chi connectivity index (χ1n) is 13.8. The number of hydrogen-bond donors (Lipinski definition) is 5. The molecule has 4 aliphatic carbocycles. The summed E-state index contributed by atoms with van der Waals surface area (Å²) in [5.74, 6) is 5.46. The highest BCUT2D eigenvalue weighted by Gasteiger charge is 2.59. The maximum Gasteiger partial charge on any atom is 0.692 e. The van der Waals surface area contributed by atoms with Gasteiger partial charge in [0.05, 0.1) is 6.10 Å². The van der Waals surface area contributed by atoms with Gasteiger partial charge >= 0.3 is 16.5 Å². The molecule has 0 heterocycles. The van der Waals surface area contributed by atoms with Gasteiger partial charge < -0.3 is 5.11 Å². The predicted molar refractivity (Wildman–Crippen MR) is 143 cm³/mol. The van der Waals surface area contributed by atoms with E-state index in [0.29, 0.717) is 10.8 Å². The molecule has 3 saturated carbocycles. The molecule has 7 nitrogen and oxygen atoms in total. The SMILES string of the molecule is CC(C)CCCC(C)[C@H]1CC[C@H]2[C@@H]3CC=C4C[C@@H](O)CC[C@]4(C)[C@H]3CC[C@]12C.O=[P+](O)O.O=[P+](O)O. The van der Waals surface area contributed by atoms with Crippen LogP contribution < -0.4 is 0 Å². The fourth-order valence-corrected chi connectivity index (χ4v) is 8.67. The lowest BCUT2D eigenvalue weighted by atomic mass is 9.47. The lowest BCUT2D eigenvalue weighted by Gasteiger charge is -2.58. The summed E-state index contributed by atoms with van der Waals surface area (Å²) in [6.07, 6.45) is 17.2. The van der Waals surface area contributed by atoms with Crippen molar-refractivity contribution in [2.75, 3.05) is 0 Å². The molecule has 5 N–H and O–H groups in total. The van der Waals surface area contributed by atoms with Crippen LogP contribution in [0.4, 0.5) is 0 Å². The number of aliphatic hydroxyl groups is 1. The summed E-state index contributed by atoms with van der Waals surface area (Å²) in [6.45, 7) is 12.6. The Morgan fingerprint density at radius 1 is 0.917 bits per heavy atom. The lowest BCUT2D eigenvalue weighted by molar-refractivity contribution is -0.0573. The maximum absolute atomic E-state index is 10.2. The van der Waals surface area contributed by atoms with E-state index in [1.54, 1.807) is 5.57 Å². The Kier molecular flexibility index (Phi) is 12.2. The molecule has 3 fully saturated rings. The Bertz CT molecular complexity index is 768. The standard InChI is InChI=1S/C27H46O.2HO3P/c1-18(2)7-6-8-19(3)23-11-12-24-22-10-9-20-17-21(28)13-15-26(20,4)25(22)14-16-27(23,24)5;2*1-4(2)3/h9,18-19,21-25,28H,6-8,10-17H2,1-5H3;2*(H-,1,2,3)/p+2/t19?,21-,22-,23+,24-,25-,26-,27+;;/m0../s1. The van der Waals surface area contributed by atoms with Crippen molar-refractivity contribution < 1.29 is 33.8 Å². The van der Waals surface area contributed by atoms with Gasteiger partial charge in [0.1, 0.15) is 0 Å². The molecule has 0 aliphatic heterocycles. The molecule has 0 bridgehead atoms. The van der Waals surface area contributed by atoms with Gasteiger partial charge in [-0.15, -0.1) is 19.6 Å². The summed E-state index contributed by atoms with van der Waals surface area (Å²) in [5.41, 5.74) is 2.60. The van der Waals surface area contributed by atoms with E-state index in [0.717, 1.165) is 48.3 Å². The van der Waals surface area contributed by atoms with E-state index in [4.69, 9.17) is 28.7 Å². The van der Waals surface area contributed by atoms with Crippen LogP contribution in [0, 0.1) is 46.3 Å². The van der Waals surface area contributed by atoms with Crippen LogP contribution >= 0.6 is 16.5 Å². The molecule has 8 atom stereocenters. The molecule has 0 saturated heterocycles. The summed E-state index contributed by atoms with van der Waals surface area (Å²) in [5, 5.41) is 10.2. The quantitative estimate of drug-likeness (QED) is 0.192. The van der Waals surface area contributed by atoms with E-state index in [9.17, 15) is 5.11 Å². The van der Waals surface area contributed by atoms with E-state index in [1.165, 1.54) is 57.8 Å². The van der Waals surface area contributed by atoms with Crippen molar-refractivity contribution in [1.82, 2.24) is 0 Å². The van der Waals surface area contributed by atoms with Gasteiger partial charge in [0, 0.05) is 9.13 Å². The molecule has 36 heavy (non-hydrogen) atoms. The van der Waals surface area contributed by atoms with Gasteiger partial charge in [0.25, 0.3) is 0 Å². The first kappa shape index (κ1) is 32.0. The average molecular weight is 549 g/mol. The summed E-state index contributed by atoms with van der Waals surface area (Å²) in [4.78, 5) is 28.5. The first-order valence-corrected chi connectivity index (χ1v) is 16.1. The van der Waals surface area contributed by atoms with Crippen LogP contribution in [0.2, 0.25) is 0 Å². The van der Waals surface area contributed by atoms with Crippen molar-refractivity contribution in [3.63, 3.8) is 0 Å². The van der Waals surface area contributed by atoms with Crippen LogP contribution in [0.25, 0.3) is 0 Å². The van der Waals surface area contributed by atoms with Crippen molar-refractivity contribution in [1.29, 1.82) is 0 Å². The van der Waals surface area contributed by atoms with E-state index in [2.05, 4.69) is 40.7 Å². The zero-order valence-corrected chi connectivity index (χ0v) is 24.6. The third-order valence-corrected chi connectivity index (χ3v) is 10.3. The second-order valence-corrected chi connectivity index (χ2v) is 13.7. The molecule has 0 amide bonds. The van der Waals surface area contributed by atoms with Crippen LogP contribution in [-0.4, -0.2) is 30.8 Å². The van der Waals surface area contributed by atoms with Crippen LogP contribution in [0.15, 0.2) is 11.6 Å². The van der Waals surface area contributed by atoms with Gasteiger partial charge in [-0.2, -0.15) is 0 Å². The van der Waals surface area contributed by atoms with Crippen LogP contribution in [0.1, 0.15) is 105 Å². The average Bonchev–Trinajstić information content (AvgIpc) is 3.10. The Hall–Kier alpha value is -0.260. The minimum atomic E-state index is -2.87. The Morgan fingerprint density at radius 2 is 1.53 bits per heavy atom. The topological polar surface area (TPSA) is 135 Å². The summed E-state index contributed by atoms with van der Waals surface area (Å²) in [7, 11) is -5.74. The van der Waals surface area contributed by atoms with Crippen LogP contribution in [-0.2, 0) is 9.13 Å². The molecule has 1 unspecified atom stereocenters. The fourth-order valence-electron chi connectivity index (χ4n) is 8.67. The molecular weight excluding hydrogens is 498 g/mol. The molecule has 0 aromatic carbocycles. The van der Waals surface area contributed by atoms with E-state index in [1.807, 2.05) is 0 Å². The smallest absolute Gasteiger partial charge is 0.393 e. The van der Waals surface area contributed by atoms with Gasteiger partial charge in [-0.25, -0.2) is 0 Å². The minimum Gasteiger partial charge on any atom is -0.393 e. The molecule has 0 radical (unpaired) electrons. The van der Waals surface area contributed by atoms with E-state index >= 15 is 0 Å². The van der Waals surface area contributed by atoms with Gasteiger partial charge in [0.2, 0.25) is 0 Å². The lowest BCUT2D eigenvalue weighted by Crippen LogP contribution is -2.50. The molecule has 9 heteroatoms. The zero-order valence-electron chi connectivity index (χ0n) is 22.8. The summed E-state index contributed by atoms with van der Waals surface area (Å²) in [6, 6.07) is 0. The highest BCUT2D eigenvalue weighted by molar-refractivity contribution is 7.31. The zero-order chi connectivity index (χ0) is 27.3. The molecule has 4 rings (SSSR count). The van der Waals surface area contributed by atoms with Crippen molar-refractivity contribution in [2.24, 2.45) is 46.3 Å². The van der Waals surface area contributed by atoms with Gasteiger partial charge in [0.15, 0.2) is 0 Å². The van der Waals surface area contributed by atoms with Crippen LogP contribution in [0.5, 0.6) is 0 Å². The fraction of sp³-hybridized carbons (Fsp3) is 0.926. The van der Waals surface area contributed by atoms with E-state index in [-0.39, 0.29) is 6.10 Å². The number of aliphatic hydroxyl groups excluding tert-OH is 1. The second kappa shape index (κ2) is 13.7. The van der Waals surface area contributed by atoms with Gasteiger partial charge in [-0.1, -0.05) is 65.5 Å². The third kappa shape index (κ3) is 7.88. The van der Waals surface area contributed by atoms with E-state index < -0.39 is 16.5 Å².